The molecule has 0 unspecified atom stereocenters. The number of carbonyl (C=O) groups is 1. The van der Waals surface area contributed by atoms with Crippen LogP contribution in [0.25, 0.3) is 0 Å². The van der Waals surface area contributed by atoms with E-state index in [4.69, 9.17) is 9.47 Å². The first-order valence-electron chi connectivity index (χ1n) is 11.7. The molecule has 1 atom stereocenters. The van der Waals surface area contributed by atoms with E-state index in [0.717, 1.165) is 11.1 Å². The molecule has 4 aromatic rings. The highest BCUT2D eigenvalue weighted by Gasteiger charge is 2.29. The van der Waals surface area contributed by atoms with Crippen LogP contribution in [-0.4, -0.2) is 27.5 Å². The van der Waals surface area contributed by atoms with Crippen LogP contribution in [0.3, 0.4) is 0 Å². The Labute approximate surface area is 217 Å². The molecule has 0 radical (unpaired) electrons. The van der Waals surface area contributed by atoms with Gasteiger partial charge in [-0.05, 0) is 60.9 Å². The van der Waals surface area contributed by atoms with E-state index >= 15 is 0 Å². The van der Waals surface area contributed by atoms with Gasteiger partial charge in [-0.25, -0.2) is 8.42 Å². The second kappa shape index (κ2) is 11.7. The highest BCUT2D eigenvalue weighted by atomic mass is 32.2. The molecule has 0 saturated carbocycles. The van der Waals surface area contributed by atoms with Crippen molar-refractivity contribution in [2.45, 2.75) is 24.3 Å². The molecule has 4 aromatic carbocycles. The van der Waals surface area contributed by atoms with Crippen molar-refractivity contribution in [3.8, 4) is 17.2 Å². The number of methoxy groups -OCH3 is 1. The van der Waals surface area contributed by atoms with Gasteiger partial charge in [0.15, 0.2) is 5.75 Å². The Balaban J connectivity index is 1.63. The summed E-state index contributed by atoms with van der Waals surface area (Å²) in [5, 5.41) is 2.84. The number of sulfonamides is 1. The smallest absolute Gasteiger partial charge is 0.245 e. The molecule has 0 saturated heterocycles. The molecule has 0 bridgehead atoms. The second-order valence-corrected chi connectivity index (χ2v) is 10.1. The summed E-state index contributed by atoms with van der Waals surface area (Å²) in [4.78, 5) is 13.5. The van der Waals surface area contributed by atoms with Gasteiger partial charge in [0, 0.05) is 0 Å². The maximum Gasteiger partial charge on any atom is 0.245 e. The summed E-state index contributed by atoms with van der Waals surface area (Å²) in [6.45, 7) is 1.79. The minimum atomic E-state index is -4.11. The van der Waals surface area contributed by atoms with Gasteiger partial charge in [0.1, 0.15) is 22.4 Å². The molecule has 2 N–H and O–H groups in total. The van der Waals surface area contributed by atoms with Gasteiger partial charge < -0.3 is 14.8 Å². The lowest BCUT2D eigenvalue weighted by Crippen LogP contribution is -2.45. The van der Waals surface area contributed by atoms with E-state index in [1.165, 1.54) is 13.2 Å². The van der Waals surface area contributed by atoms with Crippen molar-refractivity contribution < 1.29 is 22.7 Å². The number of para-hydroxylation sites is 3. The van der Waals surface area contributed by atoms with Crippen molar-refractivity contribution in [1.29, 1.82) is 0 Å². The van der Waals surface area contributed by atoms with Crippen LogP contribution >= 0.6 is 0 Å². The third-order valence-electron chi connectivity index (χ3n) is 5.62. The zero-order chi connectivity index (χ0) is 26.3. The average molecular weight is 517 g/mol. The molecular weight excluding hydrogens is 488 g/mol. The van der Waals surface area contributed by atoms with Gasteiger partial charge in [0.25, 0.3) is 0 Å². The fraction of sp³-hybridized carbons (Fsp3) is 0.138. The molecule has 4 rings (SSSR count). The van der Waals surface area contributed by atoms with E-state index in [0.29, 0.717) is 17.2 Å². The molecule has 190 valence electrons. The van der Waals surface area contributed by atoms with Crippen molar-refractivity contribution in [3.05, 3.63) is 114 Å². The predicted molar refractivity (Wildman–Crippen MR) is 144 cm³/mol. The third kappa shape index (κ3) is 6.75. The van der Waals surface area contributed by atoms with Crippen LogP contribution in [0.5, 0.6) is 17.2 Å². The van der Waals surface area contributed by atoms with E-state index in [2.05, 4.69) is 10.0 Å². The third-order valence-corrected chi connectivity index (χ3v) is 7.11. The zero-order valence-corrected chi connectivity index (χ0v) is 21.4. The molecule has 8 heteroatoms. The number of rotatable bonds is 10. The van der Waals surface area contributed by atoms with Crippen LogP contribution in [0.15, 0.2) is 108 Å². The number of benzene rings is 4. The van der Waals surface area contributed by atoms with Gasteiger partial charge >= 0.3 is 0 Å². The first kappa shape index (κ1) is 25.9. The standard InChI is InChI=1S/C29H28N2O5S/c1-21-17-18-27(35-2)28(19-21)37(33,34)31-25(20-22-11-5-3-6-12-22)29(32)30-24-15-9-10-16-26(24)36-23-13-7-4-8-14-23/h3-19,25,31H,20H2,1-2H3,(H,30,32)/t25-/m0/s1. The summed E-state index contributed by atoms with van der Waals surface area (Å²) in [6, 6.07) is 29.2. The molecule has 0 aliphatic heterocycles. The normalized spacial score (nSPS) is 11.9. The topological polar surface area (TPSA) is 93.7 Å². The predicted octanol–water partition coefficient (Wildman–Crippen LogP) is 5.32. The highest BCUT2D eigenvalue weighted by molar-refractivity contribution is 7.89. The van der Waals surface area contributed by atoms with Crippen molar-refractivity contribution in [2.75, 3.05) is 12.4 Å². The maximum atomic E-state index is 13.5. The summed E-state index contributed by atoms with van der Waals surface area (Å²) in [6.07, 6.45) is 0.141. The van der Waals surface area contributed by atoms with E-state index in [-0.39, 0.29) is 17.1 Å². The fourth-order valence-electron chi connectivity index (χ4n) is 3.78. The Morgan fingerprint density at radius 2 is 1.49 bits per heavy atom. The van der Waals surface area contributed by atoms with Gasteiger partial charge in [0.05, 0.1) is 12.8 Å². The van der Waals surface area contributed by atoms with Crippen molar-refractivity contribution >= 4 is 21.6 Å². The zero-order valence-electron chi connectivity index (χ0n) is 20.5. The monoisotopic (exact) mass is 516 g/mol. The van der Waals surface area contributed by atoms with Crippen molar-refractivity contribution in [1.82, 2.24) is 4.72 Å². The Morgan fingerprint density at radius 1 is 0.838 bits per heavy atom. The van der Waals surface area contributed by atoms with Crippen LogP contribution in [0.1, 0.15) is 11.1 Å². The lowest BCUT2D eigenvalue weighted by molar-refractivity contribution is -0.117. The molecule has 0 aliphatic rings. The van der Waals surface area contributed by atoms with Crippen LogP contribution in [-0.2, 0) is 21.2 Å². The Hall–Kier alpha value is -4.14. The van der Waals surface area contributed by atoms with E-state index in [1.807, 2.05) is 48.5 Å². The Morgan fingerprint density at radius 3 is 2.19 bits per heavy atom. The molecule has 0 fully saturated rings. The molecule has 37 heavy (non-hydrogen) atoms. The van der Waals surface area contributed by atoms with Crippen LogP contribution in [0, 0.1) is 6.92 Å². The quantitative estimate of drug-likeness (QED) is 0.297. The molecule has 0 aliphatic carbocycles. The summed E-state index contributed by atoms with van der Waals surface area (Å²) >= 11 is 0. The van der Waals surface area contributed by atoms with Crippen molar-refractivity contribution in [2.24, 2.45) is 0 Å². The van der Waals surface area contributed by atoms with Gasteiger partial charge in [0.2, 0.25) is 15.9 Å². The lowest BCUT2D eigenvalue weighted by atomic mass is 10.1. The van der Waals surface area contributed by atoms with E-state index in [9.17, 15) is 13.2 Å². The lowest BCUT2D eigenvalue weighted by Gasteiger charge is -2.21. The molecule has 0 spiro atoms. The molecule has 7 nitrogen and oxygen atoms in total. The number of ether oxygens (including phenoxy) is 2. The summed E-state index contributed by atoms with van der Waals surface area (Å²) < 4.78 is 40.7. The number of nitrogens with one attached hydrogen (secondary N) is 2. The number of aryl methyl sites for hydroxylation is 1. The highest BCUT2D eigenvalue weighted by Crippen LogP contribution is 2.30. The largest absolute Gasteiger partial charge is 0.495 e. The molecule has 1 amide bonds. The van der Waals surface area contributed by atoms with Crippen LogP contribution in [0.2, 0.25) is 0 Å². The second-order valence-electron chi connectivity index (χ2n) is 8.42. The average Bonchev–Trinajstić information content (AvgIpc) is 2.90. The molecular formula is C29H28N2O5S. The minimum Gasteiger partial charge on any atom is -0.495 e. The van der Waals surface area contributed by atoms with Gasteiger partial charge in [-0.3, -0.25) is 4.79 Å². The number of amides is 1. The SMILES string of the molecule is COc1ccc(C)cc1S(=O)(=O)N[C@@H](Cc1ccccc1)C(=O)Nc1ccccc1Oc1ccccc1. The van der Waals surface area contributed by atoms with Gasteiger partial charge in [-0.1, -0.05) is 66.7 Å². The Bertz CT molecular complexity index is 1460. The molecule has 0 aromatic heterocycles. The summed E-state index contributed by atoms with van der Waals surface area (Å²) in [5.74, 6) is 0.711. The van der Waals surface area contributed by atoms with Gasteiger partial charge in [-0.15, -0.1) is 0 Å². The number of hydrogen-bond acceptors (Lipinski definition) is 5. The van der Waals surface area contributed by atoms with Crippen molar-refractivity contribution in [3.63, 3.8) is 0 Å². The van der Waals surface area contributed by atoms with Crippen LogP contribution < -0.4 is 19.5 Å². The summed E-state index contributed by atoms with van der Waals surface area (Å²) in [7, 11) is -2.70. The van der Waals surface area contributed by atoms with E-state index < -0.39 is 22.0 Å². The number of hydrogen-bond donors (Lipinski definition) is 2. The fourth-order valence-corrected chi connectivity index (χ4v) is 5.23. The maximum absolute atomic E-state index is 13.5. The first-order chi connectivity index (χ1) is 17.9. The Kier molecular flexibility index (Phi) is 8.22. The first-order valence-corrected chi connectivity index (χ1v) is 13.2. The number of anilines is 1. The summed E-state index contributed by atoms with van der Waals surface area (Å²) in [5.41, 5.74) is 1.97. The van der Waals surface area contributed by atoms with Crippen LogP contribution in [0.4, 0.5) is 5.69 Å². The van der Waals surface area contributed by atoms with Gasteiger partial charge in [-0.2, -0.15) is 4.72 Å². The minimum absolute atomic E-state index is 0.0336. The van der Waals surface area contributed by atoms with E-state index in [1.54, 1.807) is 55.5 Å². The molecule has 0 heterocycles. The number of carbonyl (C=O) groups excluding carboxylic acids is 1.